The van der Waals surface area contributed by atoms with Crippen molar-refractivity contribution in [3.05, 3.63) is 114 Å². The van der Waals surface area contributed by atoms with Crippen molar-refractivity contribution < 1.29 is 9.53 Å². The largest absolute Gasteiger partial charge is 0.481 e. The molecule has 1 atom stereocenters. The lowest BCUT2D eigenvalue weighted by Crippen LogP contribution is -2.53. The summed E-state index contributed by atoms with van der Waals surface area (Å²) >= 11 is 0. The van der Waals surface area contributed by atoms with E-state index in [1.54, 1.807) is 0 Å². The summed E-state index contributed by atoms with van der Waals surface area (Å²) in [6.45, 7) is 5.07. The number of benzene rings is 4. The van der Waals surface area contributed by atoms with Crippen molar-refractivity contribution in [3.63, 3.8) is 0 Å². The predicted molar refractivity (Wildman–Crippen MR) is 142 cm³/mol. The summed E-state index contributed by atoms with van der Waals surface area (Å²) in [6.07, 6.45) is 0.171. The van der Waals surface area contributed by atoms with Crippen LogP contribution in [0, 0.1) is 0 Å². The number of piperazine rings is 1. The highest BCUT2D eigenvalue weighted by Gasteiger charge is 2.31. The summed E-state index contributed by atoms with van der Waals surface area (Å²) in [5.74, 6) is 0.826. The number of fused-ring (bicyclic) bond motifs is 1. The van der Waals surface area contributed by atoms with Gasteiger partial charge < -0.3 is 9.64 Å². The minimum atomic E-state index is -0.471. The first-order chi connectivity index (χ1) is 17.2. The van der Waals surface area contributed by atoms with Gasteiger partial charge in [-0.3, -0.25) is 9.69 Å². The Morgan fingerprint density at radius 2 is 1.31 bits per heavy atom. The minimum absolute atomic E-state index is 0.0799. The van der Waals surface area contributed by atoms with E-state index in [2.05, 4.69) is 77.7 Å². The summed E-state index contributed by atoms with van der Waals surface area (Å²) in [5.41, 5.74) is 2.56. The molecular weight excluding hydrogens is 432 g/mol. The molecule has 1 heterocycles. The van der Waals surface area contributed by atoms with Gasteiger partial charge in [-0.1, -0.05) is 97.9 Å². The van der Waals surface area contributed by atoms with E-state index < -0.39 is 6.10 Å². The number of carbonyl (C=O) groups excluding carboxylic acids is 1. The molecule has 4 aromatic rings. The van der Waals surface area contributed by atoms with E-state index in [1.165, 1.54) is 16.5 Å². The second-order valence-electron chi connectivity index (χ2n) is 9.11. The van der Waals surface area contributed by atoms with Crippen molar-refractivity contribution in [2.45, 2.75) is 25.5 Å². The van der Waals surface area contributed by atoms with Crippen LogP contribution in [0.25, 0.3) is 10.8 Å². The van der Waals surface area contributed by atoms with Crippen molar-refractivity contribution in [1.82, 2.24) is 9.80 Å². The van der Waals surface area contributed by atoms with Gasteiger partial charge in [-0.15, -0.1) is 0 Å². The fraction of sp³-hybridized carbons (Fsp3) is 0.258. The Bertz CT molecular complexity index is 1210. The SMILES string of the molecule is CCC(Oc1ccc2ccccc2c1)C(=O)N1CCN(C(c2ccccc2)c2ccccc2)CC1. The van der Waals surface area contributed by atoms with Crippen LogP contribution in [0.2, 0.25) is 0 Å². The number of rotatable bonds is 7. The van der Waals surface area contributed by atoms with Crippen LogP contribution >= 0.6 is 0 Å². The van der Waals surface area contributed by atoms with Crippen molar-refractivity contribution >= 4 is 16.7 Å². The number of nitrogens with zero attached hydrogens (tertiary/aromatic N) is 2. The lowest BCUT2D eigenvalue weighted by molar-refractivity contribution is -0.140. The van der Waals surface area contributed by atoms with Crippen LogP contribution in [0.4, 0.5) is 0 Å². The summed E-state index contributed by atoms with van der Waals surface area (Å²) in [6, 6.07) is 35.7. The van der Waals surface area contributed by atoms with E-state index in [-0.39, 0.29) is 11.9 Å². The van der Waals surface area contributed by atoms with Gasteiger partial charge in [-0.25, -0.2) is 0 Å². The Labute approximate surface area is 207 Å². The van der Waals surface area contributed by atoms with Gasteiger partial charge in [0.2, 0.25) is 0 Å². The first kappa shape index (κ1) is 23.1. The highest BCUT2D eigenvalue weighted by Crippen LogP contribution is 2.30. The molecular formula is C31H32N2O2. The zero-order valence-electron chi connectivity index (χ0n) is 20.2. The molecule has 0 saturated carbocycles. The van der Waals surface area contributed by atoms with Gasteiger partial charge in [0.05, 0.1) is 6.04 Å². The predicted octanol–water partition coefficient (Wildman–Crippen LogP) is 5.93. The fourth-order valence-electron chi connectivity index (χ4n) is 5.00. The summed E-state index contributed by atoms with van der Waals surface area (Å²) in [5, 5.41) is 2.29. The molecule has 4 heteroatoms. The van der Waals surface area contributed by atoms with E-state index in [1.807, 2.05) is 42.2 Å². The summed E-state index contributed by atoms with van der Waals surface area (Å²) < 4.78 is 6.19. The Morgan fingerprint density at radius 1 is 0.743 bits per heavy atom. The fourth-order valence-corrected chi connectivity index (χ4v) is 5.00. The minimum Gasteiger partial charge on any atom is -0.481 e. The van der Waals surface area contributed by atoms with Crippen LogP contribution in [0.5, 0.6) is 5.75 Å². The third kappa shape index (κ3) is 5.23. The van der Waals surface area contributed by atoms with E-state index in [0.717, 1.165) is 24.2 Å². The first-order valence-corrected chi connectivity index (χ1v) is 12.5. The lowest BCUT2D eigenvalue weighted by atomic mass is 9.96. The number of ether oxygens (including phenoxy) is 1. The van der Waals surface area contributed by atoms with Crippen LogP contribution in [0.1, 0.15) is 30.5 Å². The third-order valence-corrected chi connectivity index (χ3v) is 6.87. The van der Waals surface area contributed by atoms with Crippen LogP contribution in [-0.2, 0) is 4.79 Å². The molecule has 4 nitrogen and oxygen atoms in total. The Balaban J connectivity index is 1.27. The highest BCUT2D eigenvalue weighted by molar-refractivity contribution is 5.84. The number of hydrogen-bond acceptors (Lipinski definition) is 3. The molecule has 5 rings (SSSR count). The molecule has 1 amide bonds. The normalized spacial score (nSPS) is 15.3. The summed E-state index contributed by atoms with van der Waals surface area (Å²) in [7, 11) is 0. The number of amides is 1. The molecule has 1 aliphatic heterocycles. The average molecular weight is 465 g/mol. The van der Waals surface area contributed by atoms with Crippen LogP contribution in [-0.4, -0.2) is 48.0 Å². The van der Waals surface area contributed by atoms with Gasteiger partial charge in [0.15, 0.2) is 6.10 Å². The van der Waals surface area contributed by atoms with Crippen LogP contribution < -0.4 is 4.74 Å². The van der Waals surface area contributed by atoms with Gasteiger partial charge >= 0.3 is 0 Å². The van der Waals surface area contributed by atoms with Gasteiger partial charge in [0.25, 0.3) is 5.91 Å². The monoisotopic (exact) mass is 464 g/mol. The van der Waals surface area contributed by atoms with E-state index in [9.17, 15) is 4.79 Å². The molecule has 178 valence electrons. The van der Waals surface area contributed by atoms with Gasteiger partial charge in [0.1, 0.15) is 5.75 Å². The van der Waals surface area contributed by atoms with Crippen molar-refractivity contribution in [2.24, 2.45) is 0 Å². The molecule has 0 N–H and O–H groups in total. The molecule has 0 spiro atoms. The molecule has 35 heavy (non-hydrogen) atoms. The number of hydrogen-bond donors (Lipinski definition) is 0. The Morgan fingerprint density at radius 3 is 1.91 bits per heavy atom. The molecule has 1 saturated heterocycles. The first-order valence-electron chi connectivity index (χ1n) is 12.5. The highest BCUT2D eigenvalue weighted by atomic mass is 16.5. The smallest absolute Gasteiger partial charge is 0.263 e. The van der Waals surface area contributed by atoms with Gasteiger partial charge in [-0.05, 0) is 40.5 Å². The zero-order chi connectivity index (χ0) is 24.0. The van der Waals surface area contributed by atoms with E-state index >= 15 is 0 Å². The van der Waals surface area contributed by atoms with Crippen molar-refractivity contribution in [2.75, 3.05) is 26.2 Å². The molecule has 0 radical (unpaired) electrons. The Kier molecular flexibility index (Phi) is 7.10. The molecule has 0 aromatic heterocycles. The second kappa shape index (κ2) is 10.7. The van der Waals surface area contributed by atoms with Gasteiger partial charge in [0, 0.05) is 26.2 Å². The molecule has 1 aliphatic rings. The topological polar surface area (TPSA) is 32.8 Å². The standard InChI is InChI=1S/C31H32N2O2/c1-2-29(35-28-18-17-24-11-9-10-16-27(24)23-28)31(34)33-21-19-32(20-22-33)30(25-12-5-3-6-13-25)26-14-7-4-8-15-26/h3-18,23,29-30H,2,19-22H2,1H3. The molecule has 4 aromatic carbocycles. The van der Waals surface area contributed by atoms with Crippen molar-refractivity contribution in [1.29, 1.82) is 0 Å². The Hall–Kier alpha value is -3.63. The maximum absolute atomic E-state index is 13.4. The molecule has 0 bridgehead atoms. The molecule has 1 fully saturated rings. The van der Waals surface area contributed by atoms with E-state index in [0.29, 0.717) is 19.5 Å². The molecule has 1 unspecified atom stereocenters. The maximum Gasteiger partial charge on any atom is 0.263 e. The van der Waals surface area contributed by atoms with Gasteiger partial charge in [-0.2, -0.15) is 0 Å². The lowest BCUT2D eigenvalue weighted by Gasteiger charge is -2.40. The quantitative estimate of drug-likeness (QED) is 0.340. The van der Waals surface area contributed by atoms with E-state index in [4.69, 9.17) is 4.74 Å². The van der Waals surface area contributed by atoms with Crippen LogP contribution in [0.3, 0.4) is 0 Å². The summed E-state index contributed by atoms with van der Waals surface area (Å²) in [4.78, 5) is 17.9. The average Bonchev–Trinajstić information content (AvgIpc) is 2.93. The maximum atomic E-state index is 13.4. The zero-order valence-corrected chi connectivity index (χ0v) is 20.2. The van der Waals surface area contributed by atoms with Crippen molar-refractivity contribution in [3.8, 4) is 5.75 Å². The van der Waals surface area contributed by atoms with Crippen LogP contribution in [0.15, 0.2) is 103 Å². The third-order valence-electron chi connectivity index (χ3n) is 6.87. The number of carbonyl (C=O) groups is 1. The second-order valence-corrected chi connectivity index (χ2v) is 9.11. The molecule has 0 aliphatic carbocycles.